The topological polar surface area (TPSA) is 0 Å². The van der Waals surface area contributed by atoms with Crippen LogP contribution in [0.5, 0.6) is 0 Å². The normalized spacial score (nSPS) is 7.00. The molecule has 0 saturated carbocycles. The van der Waals surface area contributed by atoms with Crippen molar-refractivity contribution in [3.05, 3.63) is 25.8 Å². The van der Waals surface area contributed by atoms with Gasteiger partial charge in [0.2, 0.25) is 0 Å². The van der Waals surface area contributed by atoms with Crippen molar-refractivity contribution < 1.29 is 0 Å². The summed E-state index contributed by atoms with van der Waals surface area (Å²) in [6.45, 7) is 11.9. The third-order valence-corrected chi connectivity index (χ3v) is 1.26. The van der Waals surface area contributed by atoms with Crippen molar-refractivity contribution in [1.29, 1.82) is 0 Å². The van der Waals surface area contributed by atoms with E-state index in [1.54, 1.807) is 0 Å². The van der Waals surface area contributed by atoms with Gasteiger partial charge in [0.1, 0.15) is 0 Å². The molecule has 0 rings (SSSR count). The molecule has 0 aromatic heterocycles. The molecule has 0 aliphatic heterocycles. The number of rotatable bonds is 5. The zero-order valence-corrected chi connectivity index (χ0v) is 13.4. The van der Waals surface area contributed by atoms with Gasteiger partial charge in [-0.05, 0) is 12.8 Å². The Balaban J connectivity index is -0.000000196. The molecule has 0 spiro atoms. The van der Waals surface area contributed by atoms with Crippen molar-refractivity contribution in [3.63, 3.8) is 0 Å². The van der Waals surface area contributed by atoms with Gasteiger partial charge >= 0.3 is 27.3 Å². The molecular formula is C10H22Pb. The van der Waals surface area contributed by atoms with E-state index in [4.69, 9.17) is 0 Å². The second-order valence-corrected chi connectivity index (χ2v) is 2.14. The molecule has 0 aliphatic rings. The van der Waals surface area contributed by atoms with Gasteiger partial charge < -0.3 is 0 Å². The molecule has 0 bridgehead atoms. The maximum atomic E-state index is 3.66. The van der Waals surface area contributed by atoms with Crippen LogP contribution in [0.25, 0.3) is 0 Å². The van der Waals surface area contributed by atoms with E-state index >= 15 is 0 Å². The van der Waals surface area contributed by atoms with Crippen molar-refractivity contribution >= 4 is 27.3 Å². The van der Waals surface area contributed by atoms with Crippen LogP contribution in [0.3, 0.4) is 0 Å². The van der Waals surface area contributed by atoms with Gasteiger partial charge in [0, 0.05) is 0 Å². The Morgan fingerprint density at radius 1 is 1.09 bits per heavy atom. The molecule has 2 radical (unpaired) electrons. The molecule has 0 aliphatic carbocycles. The summed E-state index contributed by atoms with van der Waals surface area (Å²) >= 11 is 0. The van der Waals surface area contributed by atoms with Crippen LogP contribution in [0, 0.1) is 0 Å². The average molecular weight is 349 g/mol. The molecular weight excluding hydrogens is 327 g/mol. The molecule has 0 fully saturated rings. The first-order valence-corrected chi connectivity index (χ1v) is 4.02. The Morgan fingerprint density at radius 3 is 2.00 bits per heavy atom. The van der Waals surface area contributed by atoms with Crippen LogP contribution in [0.15, 0.2) is 25.8 Å². The molecule has 1 heteroatoms. The van der Waals surface area contributed by atoms with Crippen LogP contribution in [0.2, 0.25) is 0 Å². The van der Waals surface area contributed by atoms with E-state index in [-0.39, 0.29) is 27.3 Å². The molecule has 0 amide bonds. The second-order valence-electron chi connectivity index (χ2n) is 2.14. The summed E-state index contributed by atoms with van der Waals surface area (Å²) in [5, 5.41) is 0. The molecule has 0 unspecified atom stereocenters. The number of unbranched alkanes of at least 4 members (excludes halogenated alkanes) is 4. The molecule has 66 valence electrons. The van der Waals surface area contributed by atoms with E-state index in [9.17, 15) is 0 Å². The first-order chi connectivity index (χ1) is 4.91. The summed E-state index contributed by atoms with van der Waals surface area (Å²) in [5.74, 6) is 0. The fourth-order valence-electron chi connectivity index (χ4n) is 0.715. The van der Waals surface area contributed by atoms with E-state index in [2.05, 4.69) is 26.7 Å². The summed E-state index contributed by atoms with van der Waals surface area (Å²) in [6.07, 6.45) is 8.61. The fraction of sp³-hybridized carbons (Fsp3) is 0.600. The molecule has 0 atom stereocenters. The van der Waals surface area contributed by atoms with Crippen LogP contribution >= 0.6 is 0 Å². The van der Waals surface area contributed by atoms with Gasteiger partial charge in [0.15, 0.2) is 0 Å². The van der Waals surface area contributed by atoms with Crippen molar-refractivity contribution in [1.82, 2.24) is 0 Å². The zero-order chi connectivity index (χ0) is 8.24. The third kappa shape index (κ3) is 25.2. The maximum absolute atomic E-state index is 3.66. The van der Waals surface area contributed by atoms with Crippen LogP contribution in [0.4, 0.5) is 0 Å². The quantitative estimate of drug-likeness (QED) is 0.407. The monoisotopic (exact) mass is 350 g/mol. The summed E-state index contributed by atoms with van der Waals surface area (Å²) < 4.78 is 0. The molecule has 0 N–H and O–H groups in total. The average Bonchev–Trinajstić information content (AvgIpc) is 2.02. The zero-order valence-electron chi connectivity index (χ0n) is 7.94. The van der Waals surface area contributed by atoms with Gasteiger partial charge in [-0.2, -0.15) is 0 Å². The van der Waals surface area contributed by atoms with E-state index in [0.29, 0.717) is 0 Å². The minimum atomic E-state index is 0. The Kier molecular flexibility index (Phi) is 35.6. The van der Waals surface area contributed by atoms with E-state index in [0.717, 1.165) is 0 Å². The Bertz CT molecular complexity index is 59.9. The predicted octanol–water partition coefficient (Wildman–Crippen LogP) is 3.03. The molecule has 0 aromatic carbocycles. The summed E-state index contributed by atoms with van der Waals surface area (Å²) in [4.78, 5) is 0. The molecule has 0 nitrogen and oxygen atoms in total. The van der Waals surface area contributed by atoms with E-state index in [1.165, 1.54) is 32.1 Å². The Labute approximate surface area is 91.9 Å². The summed E-state index contributed by atoms with van der Waals surface area (Å²) in [5.41, 5.74) is 0. The fourth-order valence-corrected chi connectivity index (χ4v) is 0.715. The van der Waals surface area contributed by atoms with E-state index in [1.807, 2.05) is 6.08 Å². The van der Waals surface area contributed by atoms with Crippen LogP contribution in [-0.2, 0) is 0 Å². The SMILES string of the molecule is C=C.C=CCCCCCC.[PbH2]. The van der Waals surface area contributed by atoms with Gasteiger partial charge in [0.25, 0.3) is 0 Å². The molecule has 11 heavy (non-hydrogen) atoms. The third-order valence-electron chi connectivity index (χ3n) is 1.26. The van der Waals surface area contributed by atoms with Crippen LogP contribution in [-0.4, -0.2) is 27.3 Å². The number of hydrogen-bond donors (Lipinski definition) is 0. The molecule has 0 aromatic rings. The standard InChI is InChI=1S/C8H16.C2H4.Pb.2H/c1-3-5-7-8-6-4-2;1-2;;;/h3H,1,4-8H2,2H3;1-2H2;;;. The van der Waals surface area contributed by atoms with Crippen molar-refractivity contribution in [3.8, 4) is 0 Å². The van der Waals surface area contributed by atoms with Crippen molar-refractivity contribution in [2.45, 2.75) is 39.0 Å². The second kappa shape index (κ2) is 22.4. The van der Waals surface area contributed by atoms with Gasteiger partial charge in [0.05, 0.1) is 0 Å². The summed E-state index contributed by atoms with van der Waals surface area (Å²) in [7, 11) is 0. The number of hydrogen-bond acceptors (Lipinski definition) is 0. The van der Waals surface area contributed by atoms with Gasteiger partial charge in [-0.15, -0.1) is 19.7 Å². The van der Waals surface area contributed by atoms with Gasteiger partial charge in [-0.25, -0.2) is 0 Å². The van der Waals surface area contributed by atoms with Crippen molar-refractivity contribution in [2.24, 2.45) is 0 Å². The first kappa shape index (κ1) is 17.5. The minimum absolute atomic E-state index is 0. The predicted molar refractivity (Wildman–Crippen MR) is 58.8 cm³/mol. The van der Waals surface area contributed by atoms with Crippen molar-refractivity contribution in [2.75, 3.05) is 0 Å². The van der Waals surface area contributed by atoms with Crippen LogP contribution in [0.1, 0.15) is 39.0 Å². The summed E-state index contributed by atoms with van der Waals surface area (Å²) in [6, 6.07) is 0. The van der Waals surface area contributed by atoms with Crippen LogP contribution < -0.4 is 0 Å². The van der Waals surface area contributed by atoms with Gasteiger partial charge in [-0.1, -0.05) is 32.3 Å². The van der Waals surface area contributed by atoms with Gasteiger partial charge in [-0.3, -0.25) is 0 Å². The van der Waals surface area contributed by atoms with E-state index < -0.39 is 0 Å². The molecule has 0 saturated heterocycles. The Morgan fingerprint density at radius 2 is 1.64 bits per heavy atom. The molecule has 0 heterocycles. The Hall–Kier alpha value is 0.402. The number of allylic oxidation sites excluding steroid dienone is 1. The first-order valence-electron chi connectivity index (χ1n) is 4.02.